The predicted octanol–water partition coefficient (Wildman–Crippen LogP) is 3.03. The normalized spacial score (nSPS) is 12.1. The maximum atomic E-state index is 11.5. The van der Waals surface area contributed by atoms with E-state index in [0.29, 0.717) is 18.6 Å². The van der Waals surface area contributed by atoms with Crippen molar-refractivity contribution in [3.05, 3.63) is 11.6 Å². The molecule has 0 amide bonds. The van der Waals surface area contributed by atoms with E-state index in [-0.39, 0.29) is 31.3 Å². The lowest BCUT2D eigenvalue weighted by Gasteiger charge is -2.07. The lowest BCUT2D eigenvalue weighted by Crippen LogP contribution is -2.14. The van der Waals surface area contributed by atoms with E-state index in [9.17, 15) is 9.59 Å². The van der Waals surface area contributed by atoms with E-state index in [1.54, 1.807) is 26.8 Å². The van der Waals surface area contributed by atoms with Gasteiger partial charge in [-0.1, -0.05) is 18.4 Å². The van der Waals surface area contributed by atoms with Crippen molar-refractivity contribution in [2.45, 2.75) is 59.5 Å². The molecule has 0 rings (SSSR count). The van der Waals surface area contributed by atoms with Gasteiger partial charge in [0.15, 0.2) is 0 Å². The van der Waals surface area contributed by atoms with Crippen LogP contribution >= 0.6 is 0 Å². The minimum Gasteiger partial charge on any atom is -0.462 e. The summed E-state index contributed by atoms with van der Waals surface area (Å²) in [7, 11) is 0. The lowest BCUT2D eigenvalue weighted by atomic mass is 10.2. The molecule has 0 aromatic heterocycles. The molecule has 0 heterocycles. The van der Waals surface area contributed by atoms with Crippen LogP contribution in [0.4, 0.5) is 0 Å². The minimum atomic E-state index is -0.384. The fourth-order valence-corrected chi connectivity index (χ4v) is 1.65. The van der Waals surface area contributed by atoms with Crippen molar-refractivity contribution in [3.63, 3.8) is 0 Å². The molecule has 5 nitrogen and oxygen atoms in total. The van der Waals surface area contributed by atoms with Crippen LogP contribution in [0.15, 0.2) is 11.6 Å². The molecule has 0 aromatic rings. The summed E-state index contributed by atoms with van der Waals surface area (Å²) in [6.45, 7) is 7.96. The van der Waals surface area contributed by atoms with E-state index in [4.69, 9.17) is 14.2 Å². The Hall–Kier alpha value is -1.80. The van der Waals surface area contributed by atoms with E-state index in [0.717, 1.165) is 19.3 Å². The second kappa shape index (κ2) is 13.8. The molecule has 0 aromatic carbocycles. The molecule has 0 aliphatic carbocycles. The first-order valence-electron chi connectivity index (χ1n) is 8.00. The summed E-state index contributed by atoms with van der Waals surface area (Å²) in [5.74, 6) is 5.07. The van der Waals surface area contributed by atoms with Crippen LogP contribution in [-0.4, -0.2) is 37.9 Å². The molecule has 0 N–H and O–H groups in total. The highest BCUT2D eigenvalue weighted by atomic mass is 16.6. The molecular weight excluding hydrogens is 296 g/mol. The van der Waals surface area contributed by atoms with E-state index in [1.165, 1.54) is 0 Å². The number of carbonyl (C=O) groups excluding carboxylic acids is 2. The first-order valence-corrected chi connectivity index (χ1v) is 8.00. The Balaban J connectivity index is 3.50. The van der Waals surface area contributed by atoms with Crippen molar-refractivity contribution in [1.82, 2.24) is 0 Å². The SMILES string of the molecule is CC#CC(C)OCCCCCC(=O)OCCOC(=O)/C(C)=C/C. The summed E-state index contributed by atoms with van der Waals surface area (Å²) < 4.78 is 15.4. The number of allylic oxidation sites excluding steroid dienone is 1. The Morgan fingerprint density at radius 1 is 1.09 bits per heavy atom. The standard InChI is InChI=1S/C18H28O5/c1-5-10-16(4)21-12-9-7-8-11-17(19)22-13-14-23-18(20)15(3)6-2/h6,16H,7-9,11-14H2,1-4H3/b15-6+. The summed E-state index contributed by atoms with van der Waals surface area (Å²) in [6.07, 6.45) is 4.55. The van der Waals surface area contributed by atoms with Gasteiger partial charge in [-0.25, -0.2) is 4.79 Å². The van der Waals surface area contributed by atoms with Gasteiger partial charge in [-0.3, -0.25) is 4.79 Å². The number of carbonyl (C=O) groups is 2. The van der Waals surface area contributed by atoms with Crippen molar-refractivity contribution in [2.24, 2.45) is 0 Å². The van der Waals surface area contributed by atoms with Gasteiger partial charge in [0.05, 0.1) is 0 Å². The van der Waals surface area contributed by atoms with Crippen molar-refractivity contribution in [1.29, 1.82) is 0 Å². The Labute approximate surface area is 139 Å². The van der Waals surface area contributed by atoms with Gasteiger partial charge in [-0.05, 0) is 40.5 Å². The number of hydrogen-bond acceptors (Lipinski definition) is 5. The second-order valence-electron chi connectivity index (χ2n) is 5.05. The quantitative estimate of drug-likeness (QED) is 0.253. The topological polar surface area (TPSA) is 61.8 Å². The van der Waals surface area contributed by atoms with Crippen LogP contribution in [0, 0.1) is 11.8 Å². The number of unbranched alkanes of at least 4 members (excludes halogenated alkanes) is 2. The largest absolute Gasteiger partial charge is 0.462 e. The van der Waals surface area contributed by atoms with Crippen molar-refractivity contribution < 1.29 is 23.8 Å². The zero-order valence-corrected chi connectivity index (χ0v) is 14.6. The van der Waals surface area contributed by atoms with Gasteiger partial charge in [-0.15, -0.1) is 5.92 Å². The third kappa shape index (κ3) is 12.4. The average Bonchev–Trinajstić information content (AvgIpc) is 2.54. The van der Waals surface area contributed by atoms with Gasteiger partial charge in [0.25, 0.3) is 0 Å². The first kappa shape index (κ1) is 21.2. The molecule has 5 heteroatoms. The smallest absolute Gasteiger partial charge is 0.333 e. The number of ether oxygens (including phenoxy) is 3. The molecule has 130 valence electrons. The lowest BCUT2D eigenvalue weighted by molar-refractivity contribution is -0.150. The van der Waals surface area contributed by atoms with Crippen LogP contribution in [0.2, 0.25) is 0 Å². The summed E-state index contributed by atoms with van der Waals surface area (Å²) in [5.41, 5.74) is 0.540. The number of esters is 2. The first-order chi connectivity index (χ1) is 11.0. The van der Waals surface area contributed by atoms with Crippen LogP contribution in [0.1, 0.15) is 53.4 Å². The van der Waals surface area contributed by atoms with Crippen LogP contribution in [0.3, 0.4) is 0 Å². The maximum Gasteiger partial charge on any atom is 0.333 e. The third-order valence-electron chi connectivity index (χ3n) is 3.08. The van der Waals surface area contributed by atoms with Gasteiger partial charge < -0.3 is 14.2 Å². The summed E-state index contributed by atoms with van der Waals surface area (Å²) in [4.78, 5) is 22.8. The highest BCUT2D eigenvalue weighted by Gasteiger charge is 2.06. The Kier molecular flexibility index (Phi) is 12.8. The fourth-order valence-electron chi connectivity index (χ4n) is 1.65. The summed E-state index contributed by atoms with van der Waals surface area (Å²) in [6, 6.07) is 0. The monoisotopic (exact) mass is 324 g/mol. The van der Waals surface area contributed by atoms with Gasteiger partial charge in [0.1, 0.15) is 19.3 Å². The number of rotatable bonds is 11. The Bertz CT molecular complexity index is 442. The van der Waals surface area contributed by atoms with Crippen LogP contribution in [0.5, 0.6) is 0 Å². The molecular formula is C18H28O5. The highest BCUT2D eigenvalue weighted by Crippen LogP contribution is 2.03. The molecule has 0 aliphatic rings. The van der Waals surface area contributed by atoms with E-state index in [1.807, 2.05) is 6.92 Å². The Morgan fingerprint density at radius 3 is 2.43 bits per heavy atom. The molecule has 0 saturated carbocycles. The fraction of sp³-hybridized carbons (Fsp3) is 0.667. The molecule has 1 unspecified atom stereocenters. The van der Waals surface area contributed by atoms with Crippen LogP contribution < -0.4 is 0 Å². The van der Waals surface area contributed by atoms with E-state index >= 15 is 0 Å². The van der Waals surface area contributed by atoms with Gasteiger partial charge >= 0.3 is 11.9 Å². The zero-order chi connectivity index (χ0) is 17.5. The van der Waals surface area contributed by atoms with E-state index in [2.05, 4.69) is 11.8 Å². The Morgan fingerprint density at radius 2 is 1.78 bits per heavy atom. The van der Waals surface area contributed by atoms with Crippen molar-refractivity contribution >= 4 is 11.9 Å². The summed E-state index contributed by atoms with van der Waals surface area (Å²) >= 11 is 0. The van der Waals surface area contributed by atoms with Crippen LogP contribution in [0.25, 0.3) is 0 Å². The van der Waals surface area contributed by atoms with Gasteiger partial charge in [0, 0.05) is 18.6 Å². The highest BCUT2D eigenvalue weighted by molar-refractivity contribution is 5.87. The maximum absolute atomic E-state index is 11.5. The van der Waals surface area contributed by atoms with Gasteiger partial charge in [0.2, 0.25) is 0 Å². The molecule has 0 fully saturated rings. The minimum absolute atomic E-state index is 0.0427. The third-order valence-corrected chi connectivity index (χ3v) is 3.08. The van der Waals surface area contributed by atoms with Crippen molar-refractivity contribution in [2.75, 3.05) is 19.8 Å². The average molecular weight is 324 g/mol. The molecule has 0 radical (unpaired) electrons. The summed E-state index contributed by atoms with van der Waals surface area (Å²) in [5, 5.41) is 0. The molecule has 23 heavy (non-hydrogen) atoms. The molecule has 1 atom stereocenters. The molecule has 0 aliphatic heterocycles. The van der Waals surface area contributed by atoms with Crippen LogP contribution in [-0.2, 0) is 23.8 Å². The number of hydrogen-bond donors (Lipinski definition) is 0. The molecule has 0 spiro atoms. The molecule has 0 bridgehead atoms. The van der Waals surface area contributed by atoms with E-state index < -0.39 is 0 Å². The second-order valence-corrected chi connectivity index (χ2v) is 5.05. The van der Waals surface area contributed by atoms with Crippen molar-refractivity contribution in [3.8, 4) is 11.8 Å². The predicted molar refractivity (Wildman–Crippen MR) is 88.7 cm³/mol. The zero-order valence-electron chi connectivity index (χ0n) is 14.6. The molecule has 0 saturated heterocycles. The van der Waals surface area contributed by atoms with Gasteiger partial charge in [-0.2, -0.15) is 0 Å².